The fourth-order valence-corrected chi connectivity index (χ4v) is 4.09. The molecule has 0 radical (unpaired) electrons. The summed E-state index contributed by atoms with van der Waals surface area (Å²) in [6, 6.07) is 18.1. The van der Waals surface area contributed by atoms with Gasteiger partial charge in [0.2, 0.25) is 11.8 Å². The first kappa shape index (κ1) is 23.9. The molecule has 0 bridgehead atoms. The lowest BCUT2D eigenvalue weighted by molar-refractivity contribution is -0.118. The van der Waals surface area contributed by atoms with Crippen molar-refractivity contribution in [3.8, 4) is 0 Å². The molecule has 4 rings (SSSR count). The van der Waals surface area contributed by atoms with Gasteiger partial charge in [-0.1, -0.05) is 30.3 Å². The van der Waals surface area contributed by atoms with Crippen LogP contribution in [0.5, 0.6) is 0 Å². The summed E-state index contributed by atoms with van der Waals surface area (Å²) in [6.45, 7) is 1.84. The van der Waals surface area contributed by atoms with Crippen molar-refractivity contribution < 1.29 is 18.8 Å². The minimum absolute atomic E-state index is 0.0716. The summed E-state index contributed by atoms with van der Waals surface area (Å²) in [4.78, 5) is 38.4. The Balaban J connectivity index is 1.35. The van der Waals surface area contributed by atoms with E-state index in [2.05, 4.69) is 16.0 Å². The third kappa shape index (κ3) is 5.84. The number of benzene rings is 3. The van der Waals surface area contributed by atoms with E-state index in [4.69, 9.17) is 0 Å². The third-order valence-corrected chi connectivity index (χ3v) is 6.01. The normalized spacial score (nSPS) is 13.6. The quantitative estimate of drug-likeness (QED) is 0.479. The number of halogens is 1. The predicted octanol–water partition coefficient (Wildman–Crippen LogP) is 4.80. The van der Waals surface area contributed by atoms with Gasteiger partial charge in [0.1, 0.15) is 5.82 Å². The number of nitrogens with zero attached hydrogens (tertiary/aromatic N) is 1. The zero-order chi connectivity index (χ0) is 24.9. The van der Waals surface area contributed by atoms with Crippen molar-refractivity contribution in [2.75, 3.05) is 22.6 Å². The van der Waals surface area contributed by atoms with Crippen LogP contribution < -0.4 is 20.9 Å². The summed E-state index contributed by atoms with van der Waals surface area (Å²) >= 11 is 0. The van der Waals surface area contributed by atoms with Gasteiger partial charge >= 0.3 is 6.03 Å². The highest BCUT2D eigenvalue weighted by atomic mass is 19.1. The van der Waals surface area contributed by atoms with Gasteiger partial charge in [0.05, 0.1) is 12.5 Å². The van der Waals surface area contributed by atoms with E-state index in [0.29, 0.717) is 29.8 Å². The SMILES string of the molecule is CC(NC(=O)Nc1ccc2c(c1)CCC(=O)N2C)c1cccc(NC(=O)Cc2ccccc2F)c1. The van der Waals surface area contributed by atoms with Crippen molar-refractivity contribution in [3.63, 3.8) is 0 Å². The average molecular weight is 475 g/mol. The number of carbonyl (C=O) groups is 3. The first-order valence-electron chi connectivity index (χ1n) is 11.4. The topological polar surface area (TPSA) is 90.5 Å². The molecule has 0 fully saturated rings. The molecular weight excluding hydrogens is 447 g/mol. The zero-order valence-corrected chi connectivity index (χ0v) is 19.6. The van der Waals surface area contributed by atoms with Crippen LogP contribution in [0.3, 0.4) is 0 Å². The second-order valence-corrected chi connectivity index (χ2v) is 8.56. The maximum Gasteiger partial charge on any atom is 0.319 e. The van der Waals surface area contributed by atoms with Crippen molar-refractivity contribution >= 4 is 34.9 Å². The lowest BCUT2D eigenvalue weighted by Crippen LogP contribution is -2.32. The molecule has 35 heavy (non-hydrogen) atoms. The van der Waals surface area contributed by atoms with Crippen LogP contribution in [-0.4, -0.2) is 24.9 Å². The Hall–Kier alpha value is -4.20. The lowest BCUT2D eigenvalue weighted by atomic mass is 10.0. The van der Waals surface area contributed by atoms with E-state index in [0.717, 1.165) is 16.8 Å². The largest absolute Gasteiger partial charge is 0.331 e. The van der Waals surface area contributed by atoms with Gasteiger partial charge in [0.25, 0.3) is 0 Å². The molecule has 0 spiro atoms. The summed E-state index contributed by atoms with van der Waals surface area (Å²) in [5, 5.41) is 8.51. The number of fused-ring (bicyclic) bond motifs is 1. The number of aryl methyl sites for hydroxylation is 1. The summed E-state index contributed by atoms with van der Waals surface area (Å²) < 4.78 is 13.8. The first-order valence-corrected chi connectivity index (χ1v) is 11.4. The highest BCUT2D eigenvalue weighted by Crippen LogP contribution is 2.29. The number of hydrogen-bond donors (Lipinski definition) is 3. The Labute approximate surface area is 203 Å². The Morgan fingerprint density at radius 3 is 2.54 bits per heavy atom. The number of anilines is 3. The zero-order valence-electron chi connectivity index (χ0n) is 19.6. The van der Waals surface area contributed by atoms with Gasteiger partial charge in [-0.05, 0) is 66.4 Å². The molecule has 1 heterocycles. The van der Waals surface area contributed by atoms with Crippen LogP contribution >= 0.6 is 0 Å². The molecule has 1 unspecified atom stereocenters. The van der Waals surface area contributed by atoms with Crippen LogP contribution in [0.4, 0.5) is 26.2 Å². The molecule has 1 aliphatic heterocycles. The van der Waals surface area contributed by atoms with Crippen molar-refractivity contribution in [2.45, 2.75) is 32.2 Å². The van der Waals surface area contributed by atoms with Gasteiger partial charge in [-0.2, -0.15) is 0 Å². The summed E-state index contributed by atoms with van der Waals surface area (Å²) in [7, 11) is 1.75. The Bertz CT molecular complexity index is 1280. The monoisotopic (exact) mass is 474 g/mol. The van der Waals surface area contributed by atoms with Crippen LogP contribution in [0.1, 0.15) is 36.1 Å². The Morgan fingerprint density at radius 2 is 1.74 bits per heavy atom. The smallest absolute Gasteiger partial charge is 0.319 e. The third-order valence-electron chi connectivity index (χ3n) is 6.01. The molecule has 1 atom stereocenters. The molecule has 4 amide bonds. The second-order valence-electron chi connectivity index (χ2n) is 8.56. The fourth-order valence-electron chi connectivity index (χ4n) is 4.09. The van der Waals surface area contributed by atoms with Crippen molar-refractivity contribution in [1.82, 2.24) is 5.32 Å². The van der Waals surface area contributed by atoms with Gasteiger partial charge in [-0.25, -0.2) is 9.18 Å². The molecule has 0 aromatic heterocycles. The average Bonchev–Trinajstić information content (AvgIpc) is 2.83. The highest BCUT2D eigenvalue weighted by molar-refractivity contribution is 5.97. The van der Waals surface area contributed by atoms with Crippen molar-refractivity contribution in [1.29, 1.82) is 0 Å². The molecule has 8 heteroatoms. The summed E-state index contributed by atoms with van der Waals surface area (Å²) in [5.74, 6) is -0.666. The lowest BCUT2D eigenvalue weighted by Gasteiger charge is -2.26. The van der Waals surface area contributed by atoms with Crippen LogP contribution in [0, 0.1) is 5.82 Å². The number of hydrogen-bond acceptors (Lipinski definition) is 3. The van der Waals surface area contributed by atoms with E-state index < -0.39 is 5.82 Å². The first-order chi connectivity index (χ1) is 16.8. The van der Waals surface area contributed by atoms with Crippen LogP contribution in [0.15, 0.2) is 66.7 Å². The highest BCUT2D eigenvalue weighted by Gasteiger charge is 2.21. The number of carbonyl (C=O) groups excluding carboxylic acids is 3. The minimum Gasteiger partial charge on any atom is -0.331 e. The molecule has 3 aromatic carbocycles. The Kier molecular flexibility index (Phi) is 7.10. The number of rotatable bonds is 6. The van der Waals surface area contributed by atoms with E-state index in [-0.39, 0.29) is 30.3 Å². The van der Waals surface area contributed by atoms with Gasteiger partial charge in [-0.15, -0.1) is 0 Å². The number of urea groups is 1. The van der Waals surface area contributed by atoms with E-state index in [9.17, 15) is 18.8 Å². The molecule has 7 nitrogen and oxygen atoms in total. The molecule has 1 aliphatic rings. The standard InChI is InChI=1S/C27H27FN4O3/c1-17(29-27(35)31-22-11-12-24-20(15-22)10-13-26(34)32(24)2)18-7-5-8-21(14-18)30-25(33)16-19-6-3-4-9-23(19)28/h3-9,11-12,14-15,17H,10,13,16H2,1-2H3,(H,30,33)(H2,29,31,35). The van der Waals surface area contributed by atoms with Gasteiger partial charge in [0.15, 0.2) is 0 Å². The molecule has 0 saturated heterocycles. The molecule has 3 aromatic rings. The fraction of sp³-hybridized carbons (Fsp3) is 0.222. The van der Waals surface area contributed by atoms with Gasteiger partial charge in [-0.3, -0.25) is 9.59 Å². The maximum absolute atomic E-state index is 13.8. The number of nitrogens with one attached hydrogen (secondary N) is 3. The van der Waals surface area contributed by atoms with Gasteiger partial charge < -0.3 is 20.9 Å². The maximum atomic E-state index is 13.8. The molecule has 180 valence electrons. The molecule has 0 aliphatic carbocycles. The summed E-state index contributed by atoms with van der Waals surface area (Å²) in [6.07, 6.45) is 1.02. The number of amides is 4. The van der Waals surface area contributed by atoms with E-state index >= 15 is 0 Å². The van der Waals surface area contributed by atoms with Crippen LogP contribution in [0.25, 0.3) is 0 Å². The van der Waals surface area contributed by atoms with Gasteiger partial charge in [0, 0.05) is 30.5 Å². The minimum atomic E-state index is -0.417. The van der Waals surface area contributed by atoms with E-state index in [1.807, 2.05) is 25.1 Å². The molecular formula is C27H27FN4O3. The Morgan fingerprint density at radius 1 is 0.971 bits per heavy atom. The molecule has 0 saturated carbocycles. The molecule has 3 N–H and O–H groups in total. The second kappa shape index (κ2) is 10.4. The van der Waals surface area contributed by atoms with Crippen molar-refractivity contribution in [3.05, 3.63) is 89.2 Å². The van der Waals surface area contributed by atoms with Crippen LogP contribution in [0.2, 0.25) is 0 Å². The predicted molar refractivity (Wildman–Crippen MR) is 134 cm³/mol. The van der Waals surface area contributed by atoms with E-state index in [1.54, 1.807) is 54.4 Å². The van der Waals surface area contributed by atoms with Crippen molar-refractivity contribution in [2.24, 2.45) is 0 Å². The summed E-state index contributed by atoms with van der Waals surface area (Å²) in [5.41, 5.74) is 4.20. The van der Waals surface area contributed by atoms with E-state index in [1.165, 1.54) is 6.07 Å². The van der Waals surface area contributed by atoms with Crippen LogP contribution in [-0.2, 0) is 22.4 Å².